The van der Waals surface area contributed by atoms with Gasteiger partial charge in [0.05, 0.1) is 6.61 Å². The second-order valence-corrected chi connectivity index (χ2v) is 4.21. The van der Waals surface area contributed by atoms with Crippen LogP contribution in [0.25, 0.3) is 0 Å². The Bertz CT molecular complexity index is 146. The molecule has 0 aliphatic rings. The third kappa shape index (κ3) is 8.36. The van der Waals surface area contributed by atoms with Crippen molar-refractivity contribution in [1.29, 1.82) is 0 Å². The van der Waals surface area contributed by atoms with E-state index in [1.807, 2.05) is 0 Å². The van der Waals surface area contributed by atoms with Gasteiger partial charge in [0.25, 0.3) is 0 Å². The molecule has 0 unspecified atom stereocenters. The molecule has 0 bridgehead atoms. The van der Waals surface area contributed by atoms with Gasteiger partial charge in [-0.1, -0.05) is 39.0 Å². The van der Waals surface area contributed by atoms with Crippen LogP contribution in [-0.4, -0.2) is 18.0 Å². The SMILES string of the molecule is CCCCCCCCOC(=O)[C@H](C)Cl. The molecule has 0 aliphatic heterocycles. The number of rotatable bonds is 8. The van der Waals surface area contributed by atoms with E-state index in [4.69, 9.17) is 16.3 Å². The van der Waals surface area contributed by atoms with Crippen molar-refractivity contribution in [3.05, 3.63) is 0 Å². The van der Waals surface area contributed by atoms with Gasteiger partial charge in [-0.25, -0.2) is 0 Å². The number of unbranched alkanes of at least 4 members (excludes halogenated alkanes) is 5. The highest BCUT2D eigenvalue weighted by atomic mass is 35.5. The normalized spacial score (nSPS) is 12.5. The van der Waals surface area contributed by atoms with Crippen molar-refractivity contribution in [2.24, 2.45) is 0 Å². The van der Waals surface area contributed by atoms with Gasteiger partial charge in [-0.2, -0.15) is 0 Å². The Kier molecular flexibility index (Phi) is 9.16. The van der Waals surface area contributed by atoms with E-state index in [-0.39, 0.29) is 5.97 Å². The lowest BCUT2D eigenvalue weighted by atomic mass is 10.1. The van der Waals surface area contributed by atoms with Crippen molar-refractivity contribution in [1.82, 2.24) is 0 Å². The summed E-state index contributed by atoms with van der Waals surface area (Å²) in [6, 6.07) is 0. The van der Waals surface area contributed by atoms with E-state index in [1.54, 1.807) is 6.92 Å². The molecule has 0 aromatic carbocycles. The maximum absolute atomic E-state index is 10.9. The molecule has 0 radical (unpaired) electrons. The molecule has 0 saturated heterocycles. The van der Waals surface area contributed by atoms with Crippen LogP contribution in [0.4, 0.5) is 0 Å². The van der Waals surface area contributed by atoms with Crippen LogP contribution in [-0.2, 0) is 9.53 Å². The van der Waals surface area contributed by atoms with Crippen LogP contribution in [0.3, 0.4) is 0 Å². The van der Waals surface area contributed by atoms with Crippen LogP contribution in [0.2, 0.25) is 0 Å². The summed E-state index contributed by atoms with van der Waals surface area (Å²) in [7, 11) is 0. The molecule has 0 N–H and O–H groups in total. The largest absolute Gasteiger partial charge is 0.465 e. The van der Waals surface area contributed by atoms with Crippen LogP contribution in [0.5, 0.6) is 0 Å². The Balaban J connectivity index is 3.10. The number of hydrogen-bond acceptors (Lipinski definition) is 2. The molecule has 84 valence electrons. The van der Waals surface area contributed by atoms with Crippen molar-refractivity contribution >= 4 is 17.6 Å². The Morgan fingerprint density at radius 1 is 1.21 bits per heavy atom. The second-order valence-electron chi connectivity index (χ2n) is 3.55. The highest BCUT2D eigenvalue weighted by Gasteiger charge is 2.09. The zero-order chi connectivity index (χ0) is 10.8. The van der Waals surface area contributed by atoms with Gasteiger partial charge in [0.2, 0.25) is 0 Å². The fraction of sp³-hybridized carbons (Fsp3) is 0.909. The zero-order valence-electron chi connectivity index (χ0n) is 9.22. The number of ether oxygens (including phenoxy) is 1. The van der Waals surface area contributed by atoms with Crippen LogP contribution < -0.4 is 0 Å². The summed E-state index contributed by atoms with van der Waals surface area (Å²) in [5.41, 5.74) is 0. The number of esters is 1. The quantitative estimate of drug-likeness (QED) is 0.356. The summed E-state index contributed by atoms with van der Waals surface area (Å²) in [5.74, 6) is -0.305. The van der Waals surface area contributed by atoms with E-state index in [0.29, 0.717) is 6.61 Å². The van der Waals surface area contributed by atoms with E-state index >= 15 is 0 Å². The summed E-state index contributed by atoms with van der Waals surface area (Å²) >= 11 is 5.54. The molecular weight excluding hydrogens is 200 g/mol. The van der Waals surface area contributed by atoms with Crippen molar-refractivity contribution in [2.45, 2.75) is 57.7 Å². The van der Waals surface area contributed by atoms with Crippen LogP contribution in [0.15, 0.2) is 0 Å². The minimum atomic E-state index is -0.518. The van der Waals surface area contributed by atoms with Crippen molar-refractivity contribution in [3.8, 4) is 0 Å². The first-order valence-corrected chi connectivity index (χ1v) is 5.92. The first-order valence-electron chi connectivity index (χ1n) is 5.49. The number of carbonyl (C=O) groups is 1. The molecule has 2 nitrogen and oxygen atoms in total. The van der Waals surface area contributed by atoms with Crippen LogP contribution >= 0.6 is 11.6 Å². The lowest BCUT2D eigenvalue weighted by Gasteiger charge is -2.05. The van der Waals surface area contributed by atoms with Gasteiger partial charge >= 0.3 is 5.97 Å². The Labute approximate surface area is 92.0 Å². The summed E-state index contributed by atoms with van der Waals surface area (Å²) < 4.78 is 4.94. The fourth-order valence-electron chi connectivity index (χ4n) is 1.17. The van der Waals surface area contributed by atoms with Gasteiger partial charge in [-0.05, 0) is 13.3 Å². The van der Waals surface area contributed by atoms with E-state index < -0.39 is 5.38 Å². The Morgan fingerprint density at radius 3 is 2.36 bits per heavy atom. The first-order chi connectivity index (χ1) is 6.68. The molecule has 0 fully saturated rings. The molecule has 0 rings (SSSR count). The minimum absolute atomic E-state index is 0.305. The number of halogens is 1. The van der Waals surface area contributed by atoms with E-state index in [1.165, 1.54) is 25.7 Å². The standard InChI is InChI=1S/C11H21ClO2/c1-3-4-5-6-7-8-9-14-11(13)10(2)12/h10H,3-9H2,1-2H3/t10-/m0/s1. The molecule has 1 atom stereocenters. The maximum Gasteiger partial charge on any atom is 0.323 e. The van der Waals surface area contributed by atoms with Gasteiger partial charge in [0.1, 0.15) is 5.38 Å². The summed E-state index contributed by atoms with van der Waals surface area (Å²) in [4.78, 5) is 10.9. The van der Waals surface area contributed by atoms with Gasteiger partial charge < -0.3 is 4.74 Å². The first kappa shape index (κ1) is 13.8. The van der Waals surface area contributed by atoms with Crippen molar-refractivity contribution < 1.29 is 9.53 Å². The Hall–Kier alpha value is -0.240. The van der Waals surface area contributed by atoms with Crippen molar-refractivity contribution in [3.63, 3.8) is 0 Å². The van der Waals surface area contributed by atoms with Gasteiger partial charge in [0, 0.05) is 0 Å². The van der Waals surface area contributed by atoms with E-state index in [0.717, 1.165) is 12.8 Å². The third-order valence-corrected chi connectivity index (χ3v) is 2.25. The highest BCUT2D eigenvalue weighted by Crippen LogP contribution is 2.05. The smallest absolute Gasteiger partial charge is 0.323 e. The number of alkyl halides is 1. The zero-order valence-corrected chi connectivity index (χ0v) is 9.98. The van der Waals surface area contributed by atoms with Crippen molar-refractivity contribution in [2.75, 3.05) is 6.61 Å². The number of hydrogen-bond donors (Lipinski definition) is 0. The summed E-state index contributed by atoms with van der Waals surface area (Å²) in [5, 5.41) is -0.518. The molecule has 0 amide bonds. The fourth-order valence-corrected chi connectivity index (χ4v) is 1.23. The monoisotopic (exact) mass is 220 g/mol. The Morgan fingerprint density at radius 2 is 1.79 bits per heavy atom. The predicted molar refractivity (Wildman–Crippen MR) is 59.7 cm³/mol. The molecular formula is C11H21ClO2. The van der Waals surface area contributed by atoms with Gasteiger partial charge in [-0.3, -0.25) is 4.79 Å². The topological polar surface area (TPSA) is 26.3 Å². The lowest BCUT2D eigenvalue weighted by Crippen LogP contribution is -2.14. The average molecular weight is 221 g/mol. The molecule has 0 heterocycles. The van der Waals surface area contributed by atoms with E-state index in [2.05, 4.69) is 6.92 Å². The second kappa shape index (κ2) is 9.32. The molecule has 3 heteroatoms. The summed E-state index contributed by atoms with van der Waals surface area (Å²) in [6.45, 7) is 4.34. The molecule has 0 aliphatic carbocycles. The highest BCUT2D eigenvalue weighted by molar-refractivity contribution is 6.29. The third-order valence-electron chi connectivity index (χ3n) is 2.07. The molecule has 0 aromatic rings. The average Bonchev–Trinajstić information content (AvgIpc) is 2.16. The van der Waals surface area contributed by atoms with Crippen LogP contribution in [0, 0.1) is 0 Å². The molecule has 0 aromatic heterocycles. The van der Waals surface area contributed by atoms with Crippen LogP contribution in [0.1, 0.15) is 52.4 Å². The molecule has 0 spiro atoms. The molecule has 0 saturated carbocycles. The molecule has 14 heavy (non-hydrogen) atoms. The van der Waals surface area contributed by atoms with Gasteiger partial charge in [0.15, 0.2) is 0 Å². The summed E-state index contributed by atoms with van der Waals surface area (Å²) in [6.07, 6.45) is 7.19. The van der Waals surface area contributed by atoms with E-state index in [9.17, 15) is 4.79 Å². The predicted octanol–water partition coefficient (Wildman–Crippen LogP) is 3.52. The number of carbonyl (C=O) groups excluding carboxylic acids is 1. The maximum atomic E-state index is 10.9. The van der Waals surface area contributed by atoms with Gasteiger partial charge in [-0.15, -0.1) is 11.6 Å². The minimum Gasteiger partial charge on any atom is -0.465 e. The lowest BCUT2D eigenvalue weighted by molar-refractivity contribution is -0.142.